The highest BCUT2D eigenvalue weighted by atomic mass is 16.2. The lowest BCUT2D eigenvalue weighted by atomic mass is 10.1. The highest BCUT2D eigenvalue weighted by molar-refractivity contribution is 5.76. The van der Waals surface area contributed by atoms with Gasteiger partial charge in [-0.25, -0.2) is 4.98 Å². The third kappa shape index (κ3) is 3.95. The number of aryl methyl sites for hydroxylation is 1. The molecule has 20 heavy (non-hydrogen) atoms. The second-order valence-electron chi connectivity index (χ2n) is 5.53. The van der Waals surface area contributed by atoms with Gasteiger partial charge in [0.25, 0.3) is 0 Å². The number of rotatable bonds is 6. The minimum absolute atomic E-state index is 0.228. The predicted octanol–water partition coefficient (Wildman–Crippen LogP) is 2.48. The van der Waals surface area contributed by atoms with E-state index in [1.165, 1.54) is 18.4 Å². The zero-order valence-corrected chi connectivity index (χ0v) is 12.6. The smallest absolute Gasteiger partial charge is 0.222 e. The highest BCUT2D eigenvalue weighted by Gasteiger charge is 2.14. The van der Waals surface area contributed by atoms with Crippen LogP contribution in [0.3, 0.4) is 0 Å². The Balaban J connectivity index is 1.89. The minimum Gasteiger partial charge on any atom is -0.357 e. The summed E-state index contributed by atoms with van der Waals surface area (Å²) in [5.74, 6) is 1.29. The maximum Gasteiger partial charge on any atom is 0.222 e. The van der Waals surface area contributed by atoms with Gasteiger partial charge in [0.15, 0.2) is 0 Å². The average molecular weight is 275 g/mol. The molecule has 2 rings (SSSR count). The van der Waals surface area contributed by atoms with Gasteiger partial charge in [0.2, 0.25) is 5.91 Å². The first-order valence-electron chi connectivity index (χ1n) is 7.64. The largest absolute Gasteiger partial charge is 0.357 e. The summed E-state index contributed by atoms with van der Waals surface area (Å²) >= 11 is 0. The normalized spacial score (nSPS) is 14.6. The number of carbonyl (C=O) groups is 1. The fraction of sp³-hybridized carbons (Fsp3) is 0.625. The molecule has 0 bridgehead atoms. The van der Waals surface area contributed by atoms with Crippen LogP contribution < -0.4 is 4.90 Å². The van der Waals surface area contributed by atoms with Gasteiger partial charge in [0.05, 0.1) is 0 Å². The van der Waals surface area contributed by atoms with Crippen LogP contribution in [0, 0.1) is 0 Å². The molecule has 4 heteroatoms. The molecule has 0 saturated carbocycles. The van der Waals surface area contributed by atoms with Crippen molar-refractivity contribution in [1.82, 2.24) is 9.88 Å². The molecule has 1 aromatic heterocycles. The lowest BCUT2D eigenvalue weighted by Crippen LogP contribution is -2.27. The van der Waals surface area contributed by atoms with Crippen molar-refractivity contribution < 1.29 is 4.79 Å². The minimum atomic E-state index is 0.228. The number of aromatic nitrogens is 1. The van der Waals surface area contributed by atoms with Crippen LogP contribution in [0.2, 0.25) is 0 Å². The Morgan fingerprint density at radius 2 is 2.15 bits per heavy atom. The number of pyridine rings is 1. The molecule has 4 nitrogen and oxygen atoms in total. The lowest BCUT2D eigenvalue weighted by molar-refractivity contribution is -0.129. The zero-order chi connectivity index (χ0) is 14.4. The van der Waals surface area contributed by atoms with Crippen molar-refractivity contribution in [2.45, 2.75) is 39.0 Å². The number of carbonyl (C=O) groups excluding carboxylic acids is 1. The average Bonchev–Trinajstić information content (AvgIpc) is 2.99. The number of hydrogen-bond acceptors (Lipinski definition) is 3. The van der Waals surface area contributed by atoms with Crippen LogP contribution in [-0.2, 0) is 11.2 Å². The van der Waals surface area contributed by atoms with Crippen LogP contribution in [0.5, 0.6) is 0 Å². The summed E-state index contributed by atoms with van der Waals surface area (Å²) in [5.41, 5.74) is 1.21. The topological polar surface area (TPSA) is 36.4 Å². The van der Waals surface area contributed by atoms with E-state index in [4.69, 9.17) is 0 Å². The maximum absolute atomic E-state index is 11.9. The summed E-state index contributed by atoms with van der Waals surface area (Å²) in [6, 6.07) is 4.16. The van der Waals surface area contributed by atoms with E-state index < -0.39 is 0 Å². The third-order valence-electron chi connectivity index (χ3n) is 3.85. The van der Waals surface area contributed by atoms with Crippen molar-refractivity contribution in [1.29, 1.82) is 0 Å². The van der Waals surface area contributed by atoms with E-state index in [9.17, 15) is 4.79 Å². The summed E-state index contributed by atoms with van der Waals surface area (Å²) < 4.78 is 0. The van der Waals surface area contributed by atoms with E-state index in [1.807, 2.05) is 24.2 Å². The summed E-state index contributed by atoms with van der Waals surface area (Å²) in [6.07, 6.45) is 6.77. The summed E-state index contributed by atoms with van der Waals surface area (Å²) in [4.78, 5) is 20.5. The van der Waals surface area contributed by atoms with Crippen LogP contribution in [0.4, 0.5) is 5.82 Å². The fourth-order valence-electron chi connectivity index (χ4n) is 2.64. The van der Waals surface area contributed by atoms with Crippen molar-refractivity contribution in [3.63, 3.8) is 0 Å². The SMILES string of the molecule is CCCN(C)C(=O)CCc1ccnc(N2CCCC2)c1. The predicted molar refractivity (Wildman–Crippen MR) is 81.9 cm³/mol. The molecule has 0 atom stereocenters. The van der Waals surface area contributed by atoms with Crippen molar-refractivity contribution in [2.24, 2.45) is 0 Å². The van der Waals surface area contributed by atoms with Crippen molar-refractivity contribution in [2.75, 3.05) is 31.6 Å². The Hall–Kier alpha value is -1.58. The fourth-order valence-corrected chi connectivity index (χ4v) is 2.64. The maximum atomic E-state index is 11.9. The molecule has 0 unspecified atom stereocenters. The van der Waals surface area contributed by atoms with Gasteiger partial charge in [-0.15, -0.1) is 0 Å². The summed E-state index contributed by atoms with van der Waals surface area (Å²) in [6.45, 7) is 5.15. The zero-order valence-electron chi connectivity index (χ0n) is 12.6. The third-order valence-corrected chi connectivity index (χ3v) is 3.85. The molecule has 1 fully saturated rings. The van der Waals surface area contributed by atoms with Crippen LogP contribution in [0.25, 0.3) is 0 Å². The Kier molecular flexibility index (Phi) is 5.39. The molecule has 1 aliphatic rings. The molecule has 1 aromatic rings. The van der Waals surface area contributed by atoms with E-state index in [0.717, 1.165) is 38.3 Å². The number of anilines is 1. The Labute approximate surface area is 121 Å². The van der Waals surface area contributed by atoms with Crippen LogP contribution in [-0.4, -0.2) is 42.5 Å². The van der Waals surface area contributed by atoms with E-state index in [0.29, 0.717) is 6.42 Å². The first-order chi connectivity index (χ1) is 9.70. The van der Waals surface area contributed by atoms with Gasteiger partial charge in [0.1, 0.15) is 5.82 Å². The first kappa shape index (κ1) is 14.8. The van der Waals surface area contributed by atoms with E-state index >= 15 is 0 Å². The van der Waals surface area contributed by atoms with Gasteiger partial charge in [-0.05, 0) is 43.4 Å². The van der Waals surface area contributed by atoms with Crippen LogP contribution in [0.15, 0.2) is 18.3 Å². The molecule has 0 aliphatic carbocycles. The van der Waals surface area contributed by atoms with Crippen LogP contribution in [0.1, 0.15) is 38.2 Å². The molecule has 0 aromatic carbocycles. The van der Waals surface area contributed by atoms with Gasteiger partial charge in [-0.2, -0.15) is 0 Å². The molecule has 0 spiro atoms. The number of hydrogen-bond donors (Lipinski definition) is 0. The summed E-state index contributed by atoms with van der Waals surface area (Å²) in [5, 5.41) is 0. The van der Waals surface area contributed by atoms with Crippen LogP contribution >= 0.6 is 0 Å². The van der Waals surface area contributed by atoms with Crippen molar-refractivity contribution in [3.8, 4) is 0 Å². The Bertz CT molecular complexity index is 441. The van der Waals surface area contributed by atoms with Crippen molar-refractivity contribution in [3.05, 3.63) is 23.9 Å². The number of amides is 1. The van der Waals surface area contributed by atoms with Gasteiger partial charge >= 0.3 is 0 Å². The molecule has 0 N–H and O–H groups in total. The summed E-state index contributed by atoms with van der Waals surface area (Å²) in [7, 11) is 1.88. The standard InChI is InChI=1S/C16H25N3O/c1-3-10-18(2)16(20)7-6-14-8-9-17-15(13-14)19-11-4-5-12-19/h8-9,13H,3-7,10-12H2,1-2H3. The second kappa shape index (κ2) is 7.27. The quantitative estimate of drug-likeness (QED) is 0.800. The first-order valence-corrected chi connectivity index (χ1v) is 7.64. The Morgan fingerprint density at radius 1 is 1.40 bits per heavy atom. The lowest BCUT2D eigenvalue weighted by Gasteiger charge is -2.18. The molecule has 1 aliphatic heterocycles. The molecule has 2 heterocycles. The monoisotopic (exact) mass is 275 g/mol. The van der Waals surface area contributed by atoms with Gasteiger partial charge < -0.3 is 9.80 Å². The Morgan fingerprint density at radius 3 is 2.85 bits per heavy atom. The number of nitrogens with zero attached hydrogens (tertiary/aromatic N) is 3. The molecule has 0 radical (unpaired) electrons. The van der Waals surface area contributed by atoms with Gasteiger partial charge in [-0.1, -0.05) is 6.92 Å². The second-order valence-corrected chi connectivity index (χ2v) is 5.53. The highest BCUT2D eigenvalue weighted by Crippen LogP contribution is 2.19. The molecular weight excluding hydrogens is 250 g/mol. The van der Waals surface area contributed by atoms with E-state index in [1.54, 1.807) is 0 Å². The molecule has 1 saturated heterocycles. The molecular formula is C16H25N3O. The van der Waals surface area contributed by atoms with Crippen molar-refractivity contribution >= 4 is 11.7 Å². The molecule has 1 amide bonds. The van der Waals surface area contributed by atoms with Gasteiger partial charge in [0, 0.05) is 39.3 Å². The van der Waals surface area contributed by atoms with E-state index in [-0.39, 0.29) is 5.91 Å². The van der Waals surface area contributed by atoms with E-state index in [2.05, 4.69) is 22.9 Å². The molecule has 110 valence electrons. The van der Waals surface area contributed by atoms with Gasteiger partial charge in [-0.3, -0.25) is 4.79 Å².